The molecule has 1 atom stereocenters. The molecule has 4 aromatic rings. The highest BCUT2D eigenvalue weighted by Gasteiger charge is 2.42. The second kappa shape index (κ2) is 7.30. The fourth-order valence-corrected chi connectivity index (χ4v) is 4.19. The highest BCUT2D eigenvalue weighted by atomic mass is 16.3. The van der Waals surface area contributed by atoms with E-state index in [0.717, 1.165) is 16.7 Å². The summed E-state index contributed by atoms with van der Waals surface area (Å²) in [6, 6.07) is 24.7. The number of para-hydroxylation sites is 1. The molecule has 1 unspecified atom stereocenters. The molecule has 0 fully saturated rings. The molecule has 4 heteroatoms. The van der Waals surface area contributed by atoms with Crippen LogP contribution in [0.3, 0.4) is 0 Å². The largest absolute Gasteiger partial charge is 0.450 e. The molecule has 3 aromatic carbocycles. The van der Waals surface area contributed by atoms with Gasteiger partial charge in [-0.1, -0.05) is 72.3 Å². The van der Waals surface area contributed by atoms with Gasteiger partial charge in [-0.05, 0) is 36.6 Å². The monoisotopic (exact) mass is 395 g/mol. The normalized spacial score (nSPS) is 15.6. The maximum absolute atomic E-state index is 13.4. The molecular formula is C26H21NO3. The summed E-state index contributed by atoms with van der Waals surface area (Å²) in [5.41, 5.74) is 3.95. The number of benzene rings is 3. The van der Waals surface area contributed by atoms with Crippen LogP contribution in [-0.2, 0) is 6.42 Å². The Kier molecular flexibility index (Phi) is 4.47. The van der Waals surface area contributed by atoms with Crippen LogP contribution in [0.25, 0.3) is 11.0 Å². The van der Waals surface area contributed by atoms with Crippen LogP contribution in [0.4, 0.5) is 0 Å². The van der Waals surface area contributed by atoms with E-state index in [9.17, 15) is 9.59 Å². The molecule has 1 aliphatic rings. The molecule has 5 rings (SSSR count). The molecule has 1 aromatic heterocycles. The highest BCUT2D eigenvalue weighted by molar-refractivity contribution is 5.99. The van der Waals surface area contributed by atoms with E-state index in [4.69, 9.17) is 4.42 Å². The summed E-state index contributed by atoms with van der Waals surface area (Å²) in [4.78, 5) is 28.5. The molecule has 0 spiro atoms. The van der Waals surface area contributed by atoms with Crippen LogP contribution < -0.4 is 5.43 Å². The van der Waals surface area contributed by atoms with Gasteiger partial charge in [0, 0.05) is 6.54 Å². The molecule has 0 saturated heterocycles. The molecule has 4 nitrogen and oxygen atoms in total. The van der Waals surface area contributed by atoms with Crippen molar-refractivity contribution in [3.63, 3.8) is 0 Å². The maximum atomic E-state index is 13.4. The summed E-state index contributed by atoms with van der Waals surface area (Å²) in [5.74, 6) is -0.0632. The molecule has 0 radical (unpaired) electrons. The van der Waals surface area contributed by atoms with Crippen molar-refractivity contribution in [2.24, 2.45) is 0 Å². The topological polar surface area (TPSA) is 50.5 Å². The number of rotatable bonds is 4. The zero-order chi connectivity index (χ0) is 20.7. The van der Waals surface area contributed by atoms with Crippen molar-refractivity contribution in [1.82, 2.24) is 4.90 Å². The molecule has 0 bridgehead atoms. The molecule has 2 heterocycles. The van der Waals surface area contributed by atoms with E-state index in [-0.39, 0.29) is 17.1 Å². The number of carbonyl (C=O) groups is 1. The van der Waals surface area contributed by atoms with Crippen molar-refractivity contribution in [1.29, 1.82) is 0 Å². The Morgan fingerprint density at radius 1 is 0.867 bits per heavy atom. The third-order valence-electron chi connectivity index (χ3n) is 5.75. The van der Waals surface area contributed by atoms with Crippen LogP contribution in [0.1, 0.15) is 38.9 Å². The van der Waals surface area contributed by atoms with Gasteiger partial charge < -0.3 is 9.32 Å². The van der Waals surface area contributed by atoms with Gasteiger partial charge in [-0.15, -0.1) is 0 Å². The minimum absolute atomic E-state index is 0.131. The fraction of sp³-hybridized carbons (Fsp3) is 0.154. The van der Waals surface area contributed by atoms with Crippen LogP contribution in [-0.4, -0.2) is 17.4 Å². The zero-order valence-corrected chi connectivity index (χ0v) is 16.7. The SMILES string of the molecule is Cc1ccc(C2c3c(oc4ccccc4c3=O)C(=O)N2CCc2ccccc2)cc1. The minimum Gasteiger partial charge on any atom is -0.450 e. The summed E-state index contributed by atoms with van der Waals surface area (Å²) < 4.78 is 5.96. The quantitative estimate of drug-likeness (QED) is 0.494. The molecular weight excluding hydrogens is 374 g/mol. The molecule has 0 saturated carbocycles. The van der Waals surface area contributed by atoms with Crippen LogP contribution in [0.2, 0.25) is 0 Å². The first kappa shape index (κ1) is 18.4. The third kappa shape index (κ3) is 3.01. The first-order valence-electron chi connectivity index (χ1n) is 10.1. The van der Waals surface area contributed by atoms with Crippen molar-refractivity contribution >= 4 is 16.9 Å². The lowest BCUT2D eigenvalue weighted by Crippen LogP contribution is -2.31. The lowest BCUT2D eigenvalue weighted by Gasteiger charge is -2.25. The van der Waals surface area contributed by atoms with Gasteiger partial charge in [-0.3, -0.25) is 9.59 Å². The van der Waals surface area contributed by atoms with Gasteiger partial charge >= 0.3 is 0 Å². The molecule has 0 N–H and O–H groups in total. The number of fused-ring (bicyclic) bond motifs is 2. The fourth-order valence-electron chi connectivity index (χ4n) is 4.19. The van der Waals surface area contributed by atoms with Crippen molar-refractivity contribution in [3.8, 4) is 0 Å². The average Bonchev–Trinajstić information content (AvgIpc) is 3.06. The molecule has 0 aliphatic carbocycles. The van der Waals surface area contributed by atoms with Gasteiger partial charge in [-0.2, -0.15) is 0 Å². The van der Waals surface area contributed by atoms with Crippen LogP contribution in [0.5, 0.6) is 0 Å². The van der Waals surface area contributed by atoms with Gasteiger partial charge in [0.25, 0.3) is 5.91 Å². The van der Waals surface area contributed by atoms with Crippen LogP contribution in [0, 0.1) is 6.92 Å². The Hall–Kier alpha value is -3.66. The van der Waals surface area contributed by atoms with Gasteiger partial charge in [0.2, 0.25) is 5.76 Å². The second-order valence-electron chi connectivity index (χ2n) is 7.72. The van der Waals surface area contributed by atoms with Crippen LogP contribution >= 0.6 is 0 Å². The number of hydrogen-bond donors (Lipinski definition) is 0. The third-order valence-corrected chi connectivity index (χ3v) is 5.75. The van der Waals surface area contributed by atoms with E-state index in [1.165, 1.54) is 0 Å². The summed E-state index contributed by atoms with van der Waals surface area (Å²) in [7, 11) is 0. The first-order chi connectivity index (χ1) is 14.6. The Bertz CT molecular complexity index is 1290. The van der Waals surface area contributed by atoms with E-state index in [1.807, 2.05) is 73.7 Å². The van der Waals surface area contributed by atoms with E-state index >= 15 is 0 Å². The summed E-state index contributed by atoms with van der Waals surface area (Å²) in [6.45, 7) is 2.52. The van der Waals surface area contributed by atoms with E-state index in [0.29, 0.717) is 29.5 Å². The van der Waals surface area contributed by atoms with Crippen LogP contribution in [0.15, 0.2) is 88.1 Å². The second-order valence-corrected chi connectivity index (χ2v) is 7.72. The van der Waals surface area contributed by atoms with Gasteiger partial charge in [0.1, 0.15) is 5.58 Å². The summed E-state index contributed by atoms with van der Waals surface area (Å²) >= 11 is 0. The minimum atomic E-state index is -0.447. The molecule has 30 heavy (non-hydrogen) atoms. The number of aryl methyl sites for hydroxylation is 1. The number of carbonyl (C=O) groups excluding carboxylic acids is 1. The smallest absolute Gasteiger partial charge is 0.290 e. The number of hydrogen-bond acceptors (Lipinski definition) is 3. The lowest BCUT2D eigenvalue weighted by molar-refractivity contribution is 0.0730. The Morgan fingerprint density at radius 3 is 2.33 bits per heavy atom. The molecule has 148 valence electrons. The molecule has 1 aliphatic heterocycles. The Balaban J connectivity index is 1.64. The van der Waals surface area contributed by atoms with Crippen molar-refractivity contribution in [2.75, 3.05) is 6.54 Å². The van der Waals surface area contributed by atoms with Gasteiger partial charge in [-0.25, -0.2) is 0 Å². The number of amides is 1. The van der Waals surface area contributed by atoms with E-state index in [1.54, 1.807) is 17.0 Å². The maximum Gasteiger partial charge on any atom is 0.290 e. The van der Waals surface area contributed by atoms with Crippen molar-refractivity contribution < 1.29 is 9.21 Å². The predicted octanol–water partition coefficient (Wildman–Crippen LogP) is 4.89. The Labute approximate surface area is 174 Å². The van der Waals surface area contributed by atoms with Gasteiger partial charge in [0.15, 0.2) is 5.43 Å². The number of nitrogens with zero attached hydrogens (tertiary/aromatic N) is 1. The summed E-state index contributed by atoms with van der Waals surface area (Å²) in [6.07, 6.45) is 0.705. The predicted molar refractivity (Wildman–Crippen MR) is 117 cm³/mol. The highest BCUT2D eigenvalue weighted by Crippen LogP contribution is 2.38. The average molecular weight is 395 g/mol. The van der Waals surface area contributed by atoms with E-state index in [2.05, 4.69) is 0 Å². The molecule has 1 amide bonds. The standard InChI is InChI=1S/C26H21NO3/c1-17-11-13-19(14-12-17)23-22-24(28)20-9-5-6-10-21(20)30-25(22)26(29)27(23)16-15-18-7-3-2-4-8-18/h2-14,23H,15-16H2,1H3. The van der Waals surface area contributed by atoms with E-state index < -0.39 is 6.04 Å². The van der Waals surface area contributed by atoms with Crippen molar-refractivity contribution in [3.05, 3.63) is 117 Å². The zero-order valence-electron chi connectivity index (χ0n) is 16.7. The van der Waals surface area contributed by atoms with Gasteiger partial charge in [0.05, 0.1) is 17.0 Å². The lowest BCUT2D eigenvalue weighted by atomic mass is 9.97. The summed E-state index contributed by atoms with van der Waals surface area (Å²) in [5, 5.41) is 0.506. The first-order valence-corrected chi connectivity index (χ1v) is 10.1. The Morgan fingerprint density at radius 2 is 1.57 bits per heavy atom. The van der Waals surface area contributed by atoms with Crippen molar-refractivity contribution in [2.45, 2.75) is 19.4 Å².